The van der Waals surface area contributed by atoms with Crippen molar-refractivity contribution in [2.24, 2.45) is 0 Å². The first-order chi connectivity index (χ1) is 8.16. The third-order valence-corrected chi connectivity index (χ3v) is 2.80. The van der Waals surface area contributed by atoms with Crippen LogP contribution in [-0.2, 0) is 0 Å². The number of rotatable bonds is 4. The van der Waals surface area contributed by atoms with Gasteiger partial charge in [0.25, 0.3) is 0 Å². The molecular formula is C12H17N5. The zero-order chi connectivity index (χ0) is 12.3. The molecule has 0 amide bonds. The molecule has 0 spiro atoms. The first kappa shape index (κ1) is 11.7. The van der Waals surface area contributed by atoms with E-state index in [0.717, 1.165) is 17.6 Å². The van der Waals surface area contributed by atoms with Crippen LogP contribution in [0.3, 0.4) is 0 Å². The highest BCUT2D eigenvalue weighted by molar-refractivity contribution is 5.73. The van der Waals surface area contributed by atoms with Gasteiger partial charge in [-0.05, 0) is 33.2 Å². The second-order valence-corrected chi connectivity index (χ2v) is 4.32. The van der Waals surface area contributed by atoms with Crippen LogP contribution in [-0.4, -0.2) is 46.8 Å². The molecule has 5 nitrogen and oxygen atoms in total. The Morgan fingerprint density at radius 1 is 1.18 bits per heavy atom. The molecule has 0 aliphatic heterocycles. The van der Waals surface area contributed by atoms with Crippen molar-refractivity contribution in [1.29, 1.82) is 0 Å². The Kier molecular flexibility index (Phi) is 3.49. The Labute approximate surface area is 101 Å². The summed E-state index contributed by atoms with van der Waals surface area (Å²) in [4.78, 5) is 6.54. The summed E-state index contributed by atoms with van der Waals surface area (Å²) in [5.74, 6) is 0.581. The molecule has 90 valence electrons. The summed E-state index contributed by atoms with van der Waals surface area (Å²) in [6, 6.07) is 8.14. The molecule has 0 radical (unpaired) electrons. The van der Waals surface area contributed by atoms with E-state index >= 15 is 0 Å². The Balaban J connectivity index is 2.09. The third kappa shape index (κ3) is 2.88. The van der Waals surface area contributed by atoms with E-state index in [1.165, 1.54) is 0 Å². The molecule has 0 saturated carbocycles. The van der Waals surface area contributed by atoms with Gasteiger partial charge in [-0.25, -0.2) is 4.98 Å². The molecule has 0 fully saturated rings. The Bertz CT molecular complexity index is 497. The van der Waals surface area contributed by atoms with Crippen LogP contribution in [0.25, 0.3) is 11.0 Å². The average Bonchev–Trinajstić information content (AvgIpc) is 2.35. The standard InChI is InChI=1S/C12H17N5/c1-9(17(2)3)8-13-12-14-10-6-4-5-7-11(10)15-16-12/h4-7,9H,8H2,1-3H3,(H,13,14,16). The van der Waals surface area contributed by atoms with E-state index in [9.17, 15) is 0 Å². The molecule has 1 heterocycles. The lowest BCUT2D eigenvalue weighted by Gasteiger charge is -2.19. The van der Waals surface area contributed by atoms with Gasteiger partial charge >= 0.3 is 0 Å². The molecule has 0 aliphatic carbocycles. The number of likely N-dealkylation sites (N-methyl/N-ethyl adjacent to an activating group) is 1. The SMILES string of the molecule is CC(CNc1nnc2ccccc2n1)N(C)C. The largest absolute Gasteiger partial charge is 0.351 e. The minimum absolute atomic E-state index is 0.421. The molecule has 1 unspecified atom stereocenters. The quantitative estimate of drug-likeness (QED) is 0.861. The summed E-state index contributed by atoms with van der Waals surface area (Å²) in [5.41, 5.74) is 1.68. The summed E-state index contributed by atoms with van der Waals surface area (Å²) in [7, 11) is 4.09. The van der Waals surface area contributed by atoms with Gasteiger partial charge in [0.15, 0.2) is 0 Å². The first-order valence-corrected chi connectivity index (χ1v) is 5.66. The highest BCUT2D eigenvalue weighted by Crippen LogP contribution is 2.08. The fourth-order valence-corrected chi connectivity index (χ4v) is 1.38. The molecule has 1 N–H and O–H groups in total. The number of aromatic nitrogens is 3. The summed E-state index contributed by atoms with van der Waals surface area (Å²) < 4.78 is 0. The number of nitrogens with one attached hydrogen (secondary N) is 1. The summed E-state index contributed by atoms with van der Waals surface area (Å²) in [5, 5.41) is 11.4. The van der Waals surface area contributed by atoms with Gasteiger partial charge in [0.1, 0.15) is 5.52 Å². The predicted octanol–water partition coefficient (Wildman–Crippen LogP) is 1.39. The van der Waals surface area contributed by atoms with Crippen LogP contribution in [0.5, 0.6) is 0 Å². The minimum atomic E-state index is 0.421. The maximum atomic E-state index is 4.40. The van der Waals surface area contributed by atoms with E-state index in [2.05, 4.69) is 32.3 Å². The van der Waals surface area contributed by atoms with Crippen molar-refractivity contribution in [2.45, 2.75) is 13.0 Å². The number of hydrogen-bond acceptors (Lipinski definition) is 5. The van der Waals surface area contributed by atoms with Gasteiger partial charge in [0.05, 0.1) is 5.52 Å². The Morgan fingerprint density at radius 3 is 2.59 bits per heavy atom. The lowest BCUT2D eigenvalue weighted by atomic mass is 10.3. The molecular weight excluding hydrogens is 214 g/mol. The zero-order valence-electron chi connectivity index (χ0n) is 10.4. The van der Waals surface area contributed by atoms with Gasteiger partial charge in [0, 0.05) is 12.6 Å². The molecule has 1 aromatic heterocycles. The molecule has 2 aromatic rings. The van der Waals surface area contributed by atoms with Gasteiger partial charge in [-0.2, -0.15) is 0 Å². The molecule has 5 heteroatoms. The fourth-order valence-electron chi connectivity index (χ4n) is 1.38. The monoisotopic (exact) mass is 231 g/mol. The smallest absolute Gasteiger partial charge is 0.243 e. The highest BCUT2D eigenvalue weighted by Gasteiger charge is 2.05. The summed E-state index contributed by atoms with van der Waals surface area (Å²) in [6.07, 6.45) is 0. The van der Waals surface area contributed by atoms with Crippen molar-refractivity contribution < 1.29 is 0 Å². The number of benzene rings is 1. The van der Waals surface area contributed by atoms with Crippen molar-refractivity contribution in [3.8, 4) is 0 Å². The number of anilines is 1. The normalized spacial score (nSPS) is 12.9. The van der Waals surface area contributed by atoms with Crippen LogP contribution >= 0.6 is 0 Å². The van der Waals surface area contributed by atoms with Crippen LogP contribution in [0, 0.1) is 0 Å². The van der Waals surface area contributed by atoms with Crippen LogP contribution in [0.15, 0.2) is 24.3 Å². The van der Waals surface area contributed by atoms with E-state index < -0.39 is 0 Å². The van der Waals surface area contributed by atoms with Crippen molar-refractivity contribution in [1.82, 2.24) is 20.1 Å². The third-order valence-electron chi connectivity index (χ3n) is 2.80. The number of nitrogens with zero attached hydrogens (tertiary/aromatic N) is 4. The van der Waals surface area contributed by atoms with Crippen LogP contribution in [0.1, 0.15) is 6.92 Å². The zero-order valence-corrected chi connectivity index (χ0v) is 10.4. The second kappa shape index (κ2) is 5.05. The van der Waals surface area contributed by atoms with Crippen molar-refractivity contribution in [3.05, 3.63) is 24.3 Å². The maximum absolute atomic E-state index is 4.40. The van der Waals surface area contributed by atoms with Crippen LogP contribution in [0.2, 0.25) is 0 Å². The van der Waals surface area contributed by atoms with Gasteiger partial charge in [-0.3, -0.25) is 0 Å². The van der Waals surface area contributed by atoms with E-state index in [0.29, 0.717) is 12.0 Å². The van der Waals surface area contributed by atoms with E-state index in [4.69, 9.17) is 0 Å². The van der Waals surface area contributed by atoms with Crippen molar-refractivity contribution in [2.75, 3.05) is 26.0 Å². The maximum Gasteiger partial charge on any atom is 0.243 e. The fraction of sp³-hybridized carbons (Fsp3) is 0.417. The van der Waals surface area contributed by atoms with Crippen LogP contribution in [0.4, 0.5) is 5.95 Å². The van der Waals surface area contributed by atoms with Crippen molar-refractivity contribution in [3.63, 3.8) is 0 Å². The van der Waals surface area contributed by atoms with Gasteiger partial charge in [0.2, 0.25) is 5.95 Å². The molecule has 0 saturated heterocycles. The lowest BCUT2D eigenvalue weighted by molar-refractivity contribution is 0.325. The number of hydrogen-bond donors (Lipinski definition) is 1. The molecule has 2 rings (SSSR count). The van der Waals surface area contributed by atoms with E-state index in [1.54, 1.807) is 0 Å². The molecule has 1 aromatic carbocycles. The number of fused-ring (bicyclic) bond motifs is 1. The Hall–Kier alpha value is -1.75. The van der Waals surface area contributed by atoms with Gasteiger partial charge in [-0.1, -0.05) is 12.1 Å². The molecule has 0 bridgehead atoms. The lowest BCUT2D eigenvalue weighted by Crippen LogP contribution is -2.31. The summed E-state index contributed by atoms with van der Waals surface area (Å²) >= 11 is 0. The minimum Gasteiger partial charge on any atom is -0.351 e. The topological polar surface area (TPSA) is 53.9 Å². The average molecular weight is 231 g/mol. The van der Waals surface area contributed by atoms with Crippen LogP contribution < -0.4 is 5.32 Å². The first-order valence-electron chi connectivity index (χ1n) is 5.66. The predicted molar refractivity (Wildman–Crippen MR) is 69.0 cm³/mol. The summed E-state index contributed by atoms with van der Waals surface area (Å²) in [6.45, 7) is 2.94. The second-order valence-electron chi connectivity index (χ2n) is 4.32. The van der Waals surface area contributed by atoms with Gasteiger partial charge < -0.3 is 10.2 Å². The van der Waals surface area contributed by atoms with Crippen molar-refractivity contribution >= 4 is 17.0 Å². The number of para-hydroxylation sites is 1. The van der Waals surface area contributed by atoms with Gasteiger partial charge in [-0.15, -0.1) is 10.2 Å². The van der Waals surface area contributed by atoms with E-state index in [1.807, 2.05) is 38.4 Å². The molecule has 0 aliphatic rings. The van der Waals surface area contributed by atoms with E-state index in [-0.39, 0.29) is 0 Å². The molecule has 17 heavy (non-hydrogen) atoms. The Morgan fingerprint density at radius 2 is 1.88 bits per heavy atom. The molecule has 1 atom stereocenters. The highest BCUT2D eigenvalue weighted by atomic mass is 15.2.